The summed E-state index contributed by atoms with van der Waals surface area (Å²) in [6, 6.07) is 3.09. The van der Waals surface area contributed by atoms with Gasteiger partial charge in [-0.05, 0) is 13.0 Å². The van der Waals surface area contributed by atoms with Gasteiger partial charge in [0, 0.05) is 5.69 Å². The first-order chi connectivity index (χ1) is 6.43. The molecule has 0 radical (unpaired) electrons. The fourth-order valence-corrected chi connectivity index (χ4v) is 0.932. The Morgan fingerprint density at radius 1 is 1.43 bits per heavy atom. The maximum Gasteiger partial charge on any atom is 0.451 e. The van der Waals surface area contributed by atoms with Gasteiger partial charge in [-0.25, -0.2) is 9.97 Å². The van der Waals surface area contributed by atoms with Gasteiger partial charge in [0.25, 0.3) is 0 Å². The van der Waals surface area contributed by atoms with Gasteiger partial charge in [-0.3, -0.25) is 0 Å². The molecule has 0 aliphatic heterocycles. The standard InChI is InChI=1S/C8H6F3N3/c1-5-4-6(2-3-12)14-7(13-5)8(9,10)11/h4H,2H2,1H3. The van der Waals surface area contributed by atoms with E-state index in [1.54, 1.807) is 6.07 Å². The summed E-state index contributed by atoms with van der Waals surface area (Å²) in [6.45, 7) is 1.43. The van der Waals surface area contributed by atoms with Gasteiger partial charge >= 0.3 is 6.18 Å². The van der Waals surface area contributed by atoms with Crippen LogP contribution >= 0.6 is 0 Å². The minimum atomic E-state index is -4.56. The smallest absolute Gasteiger partial charge is 0.230 e. The monoisotopic (exact) mass is 201 g/mol. The van der Waals surface area contributed by atoms with Gasteiger partial charge in [0.2, 0.25) is 5.82 Å². The zero-order chi connectivity index (χ0) is 10.8. The highest BCUT2D eigenvalue weighted by atomic mass is 19.4. The van der Waals surface area contributed by atoms with Gasteiger partial charge in [0.05, 0.1) is 18.2 Å². The summed E-state index contributed by atoms with van der Waals surface area (Å²) in [4.78, 5) is 6.48. The molecule has 0 saturated heterocycles. The highest BCUT2D eigenvalue weighted by Gasteiger charge is 2.34. The van der Waals surface area contributed by atoms with Crippen molar-refractivity contribution in [2.75, 3.05) is 0 Å². The molecule has 1 heterocycles. The average molecular weight is 201 g/mol. The maximum atomic E-state index is 12.2. The molecular weight excluding hydrogens is 195 g/mol. The van der Waals surface area contributed by atoms with Gasteiger partial charge in [-0.2, -0.15) is 18.4 Å². The van der Waals surface area contributed by atoms with Crippen LogP contribution in [0, 0.1) is 18.3 Å². The van der Waals surface area contributed by atoms with Crippen LogP contribution in [0.15, 0.2) is 6.07 Å². The molecule has 0 fully saturated rings. The molecule has 1 aromatic rings. The minimum absolute atomic E-state index is 0.0901. The Bertz CT molecular complexity index is 378. The van der Waals surface area contributed by atoms with E-state index in [4.69, 9.17) is 5.26 Å². The van der Waals surface area contributed by atoms with E-state index in [1.165, 1.54) is 13.0 Å². The third-order valence-electron chi connectivity index (χ3n) is 1.42. The van der Waals surface area contributed by atoms with Crippen LogP contribution in [0.3, 0.4) is 0 Å². The summed E-state index contributed by atoms with van der Waals surface area (Å²) >= 11 is 0. The van der Waals surface area contributed by atoms with E-state index in [-0.39, 0.29) is 17.8 Å². The van der Waals surface area contributed by atoms with Crippen LogP contribution in [-0.2, 0) is 12.6 Å². The summed E-state index contributed by atoms with van der Waals surface area (Å²) in [5.74, 6) is -1.19. The summed E-state index contributed by atoms with van der Waals surface area (Å²) in [5.41, 5.74) is 0.296. The highest BCUT2D eigenvalue weighted by molar-refractivity contribution is 5.14. The Kier molecular flexibility index (Phi) is 2.70. The van der Waals surface area contributed by atoms with Crippen molar-refractivity contribution in [3.8, 4) is 6.07 Å². The molecule has 0 aliphatic rings. The Balaban J connectivity index is 3.15. The van der Waals surface area contributed by atoms with Crippen molar-refractivity contribution in [2.45, 2.75) is 19.5 Å². The average Bonchev–Trinajstić information content (AvgIpc) is 2.02. The van der Waals surface area contributed by atoms with Crippen LogP contribution in [0.1, 0.15) is 17.2 Å². The van der Waals surface area contributed by atoms with Gasteiger partial charge in [-0.15, -0.1) is 0 Å². The van der Waals surface area contributed by atoms with Crippen molar-refractivity contribution < 1.29 is 13.2 Å². The predicted molar refractivity (Wildman–Crippen MR) is 41.1 cm³/mol. The first-order valence-corrected chi connectivity index (χ1v) is 3.72. The molecule has 6 heteroatoms. The van der Waals surface area contributed by atoms with E-state index < -0.39 is 12.0 Å². The zero-order valence-electron chi connectivity index (χ0n) is 7.26. The van der Waals surface area contributed by atoms with Crippen LogP contribution in [0.5, 0.6) is 0 Å². The Morgan fingerprint density at radius 3 is 2.57 bits per heavy atom. The van der Waals surface area contributed by atoms with Crippen molar-refractivity contribution in [3.05, 3.63) is 23.3 Å². The Hall–Kier alpha value is -1.64. The SMILES string of the molecule is Cc1cc(CC#N)nc(C(F)(F)F)n1. The second kappa shape index (κ2) is 3.62. The molecule has 0 saturated carbocycles. The van der Waals surface area contributed by atoms with Crippen molar-refractivity contribution in [2.24, 2.45) is 0 Å². The van der Waals surface area contributed by atoms with E-state index in [0.29, 0.717) is 0 Å². The number of aryl methyl sites for hydroxylation is 1. The van der Waals surface area contributed by atoms with Crippen LogP contribution in [0.2, 0.25) is 0 Å². The van der Waals surface area contributed by atoms with Crippen LogP contribution < -0.4 is 0 Å². The molecule has 0 aromatic carbocycles. The number of nitriles is 1. The molecule has 0 spiro atoms. The lowest BCUT2D eigenvalue weighted by atomic mass is 10.3. The minimum Gasteiger partial charge on any atom is -0.230 e. The van der Waals surface area contributed by atoms with Crippen LogP contribution in [0.25, 0.3) is 0 Å². The normalized spacial score (nSPS) is 11.1. The summed E-state index contributed by atoms with van der Waals surface area (Å²) in [7, 11) is 0. The van der Waals surface area contributed by atoms with Crippen molar-refractivity contribution in [1.29, 1.82) is 5.26 Å². The summed E-state index contributed by atoms with van der Waals surface area (Å²) in [6.07, 6.45) is -4.71. The molecule has 0 N–H and O–H groups in total. The fourth-order valence-electron chi connectivity index (χ4n) is 0.932. The number of halogens is 3. The summed E-state index contributed by atoms with van der Waals surface area (Å²) < 4.78 is 36.5. The molecule has 0 unspecified atom stereocenters. The molecular formula is C8H6F3N3. The van der Waals surface area contributed by atoms with E-state index >= 15 is 0 Å². The second-order valence-corrected chi connectivity index (χ2v) is 2.66. The predicted octanol–water partition coefficient (Wildman–Crippen LogP) is 1.87. The van der Waals surface area contributed by atoms with Crippen molar-refractivity contribution in [1.82, 2.24) is 9.97 Å². The molecule has 3 nitrogen and oxygen atoms in total. The van der Waals surface area contributed by atoms with Crippen molar-refractivity contribution in [3.63, 3.8) is 0 Å². The molecule has 1 aromatic heterocycles. The molecule has 74 valence electrons. The van der Waals surface area contributed by atoms with E-state index in [9.17, 15) is 13.2 Å². The Labute approximate surface area is 78.2 Å². The van der Waals surface area contributed by atoms with E-state index in [0.717, 1.165) is 0 Å². The molecule has 0 amide bonds. The van der Waals surface area contributed by atoms with Crippen molar-refractivity contribution >= 4 is 0 Å². The maximum absolute atomic E-state index is 12.2. The van der Waals surface area contributed by atoms with Crippen LogP contribution in [0.4, 0.5) is 13.2 Å². The fraction of sp³-hybridized carbons (Fsp3) is 0.375. The van der Waals surface area contributed by atoms with Gasteiger partial charge in [0.15, 0.2) is 0 Å². The van der Waals surface area contributed by atoms with E-state index in [1.807, 2.05) is 0 Å². The quantitative estimate of drug-likeness (QED) is 0.696. The topological polar surface area (TPSA) is 49.6 Å². The lowest BCUT2D eigenvalue weighted by Gasteiger charge is -2.06. The number of alkyl halides is 3. The third-order valence-corrected chi connectivity index (χ3v) is 1.42. The lowest BCUT2D eigenvalue weighted by Crippen LogP contribution is -2.13. The highest BCUT2D eigenvalue weighted by Crippen LogP contribution is 2.26. The molecule has 0 bridgehead atoms. The third kappa shape index (κ3) is 2.42. The molecule has 1 rings (SSSR count). The summed E-state index contributed by atoms with van der Waals surface area (Å²) in [5, 5.41) is 8.31. The first-order valence-electron chi connectivity index (χ1n) is 3.72. The number of aromatic nitrogens is 2. The van der Waals surface area contributed by atoms with Gasteiger partial charge < -0.3 is 0 Å². The zero-order valence-corrected chi connectivity index (χ0v) is 7.26. The van der Waals surface area contributed by atoms with Crippen LogP contribution in [-0.4, -0.2) is 9.97 Å². The number of nitrogens with zero attached hydrogens (tertiary/aromatic N) is 3. The van der Waals surface area contributed by atoms with E-state index in [2.05, 4.69) is 9.97 Å². The number of hydrogen-bond acceptors (Lipinski definition) is 3. The molecule has 0 atom stereocenters. The molecule has 14 heavy (non-hydrogen) atoms. The van der Waals surface area contributed by atoms with Gasteiger partial charge in [-0.1, -0.05) is 0 Å². The lowest BCUT2D eigenvalue weighted by molar-refractivity contribution is -0.145. The first kappa shape index (κ1) is 10.4. The number of rotatable bonds is 1. The molecule has 0 aliphatic carbocycles. The Morgan fingerprint density at radius 2 is 2.07 bits per heavy atom. The second-order valence-electron chi connectivity index (χ2n) is 2.66. The largest absolute Gasteiger partial charge is 0.451 e. The number of hydrogen-bond donors (Lipinski definition) is 0. The van der Waals surface area contributed by atoms with Gasteiger partial charge in [0.1, 0.15) is 0 Å².